The van der Waals surface area contributed by atoms with Crippen LogP contribution in [0, 0.1) is 6.92 Å². The van der Waals surface area contributed by atoms with Crippen LogP contribution >= 0.6 is 11.3 Å². The zero-order chi connectivity index (χ0) is 14.4. The number of thiazole rings is 1. The predicted octanol–water partition coefficient (Wildman–Crippen LogP) is 3.30. The van der Waals surface area contributed by atoms with Crippen molar-refractivity contribution in [2.24, 2.45) is 0 Å². The quantitative estimate of drug-likeness (QED) is 0.849. The van der Waals surface area contributed by atoms with Gasteiger partial charge in [-0.2, -0.15) is 0 Å². The average molecular weight is 290 g/mol. The fourth-order valence-electron chi connectivity index (χ4n) is 2.01. The van der Waals surface area contributed by atoms with E-state index in [1.807, 2.05) is 11.7 Å². The van der Waals surface area contributed by atoms with E-state index in [-0.39, 0.29) is 0 Å². The molecule has 0 aliphatic heterocycles. The van der Waals surface area contributed by atoms with Crippen molar-refractivity contribution in [3.05, 3.63) is 40.0 Å². The number of anilines is 1. The normalized spacial score (nSPS) is 11.0. The van der Waals surface area contributed by atoms with Crippen molar-refractivity contribution in [1.82, 2.24) is 14.9 Å². The molecule has 2 rings (SSSR count). The summed E-state index contributed by atoms with van der Waals surface area (Å²) >= 11 is 1.73. The van der Waals surface area contributed by atoms with E-state index < -0.39 is 0 Å². The summed E-state index contributed by atoms with van der Waals surface area (Å²) in [5.41, 5.74) is 4.34. The molecule has 0 aliphatic rings. The largest absolute Gasteiger partial charge is 0.370 e. The van der Waals surface area contributed by atoms with Crippen LogP contribution in [0.15, 0.2) is 23.8 Å². The highest BCUT2D eigenvalue weighted by molar-refractivity contribution is 7.09. The summed E-state index contributed by atoms with van der Waals surface area (Å²) in [4.78, 5) is 12.3. The number of rotatable bonds is 7. The van der Waals surface area contributed by atoms with Gasteiger partial charge in [0.1, 0.15) is 5.82 Å². The zero-order valence-corrected chi connectivity index (χ0v) is 13.2. The molecule has 0 bridgehead atoms. The van der Waals surface area contributed by atoms with Crippen molar-refractivity contribution in [2.75, 3.05) is 18.9 Å². The van der Waals surface area contributed by atoms with Crippen LogP contribution in [0.3, 0.4) is 0 Å². The van der Waals surface area contributed by atoms with Gasteiger partial charge in [0, 0.05) is 30.7 Å². The molecule has 2 aromatic rings. The van der Waals surface area contributed by atoms with Crippen molar-refractivity contribution < 1.29 is 0 Å². The topological polar surface area (TPSA) is 41.0 Å². The first-order valence-corrected chi connectivity index (χ1v) is 7.83. The van der Waals surface area contributed by atoms with Gasteiger partial charge in [-0.15, -0.1) is 11.3 Å². The first kappa shape index (κ1) is 14.9. The second kappa shape index (κ2) is 7.36. The standard InChI is InChI=1S/C15H22N4S/c1-4-6-16-15-8-13(5-7-17-15)9-19(3)10-14-12(2)18-11-20-14/h5,7-8,11H,4,6,9-10H2,1-3H3,(H,16,17). The summed E-state index contributed by atoms with van der Waals surface area (Å²) in [6.45, 7) is 7.05. The van der Waals surface area contributed by atoms with Gasteiger partial charge in [0.15, 0.2) is 0 Å². The molecule has 2 aromatic heterocycles. The van der Waals surface area contributed by atoms with E-state index in [2.05, 4.69) is 53.2 Å². The molecule has 0 amide bonds. The zero-order valence-electron chi connectivity index (χ0n) is 12.4. The van der Waals surface area contributed by atoms with Crippen molar-refractivity contribution in [3.63, 3.8) is 0 Å². The van der Waals surface area contributed by atoms with E-state index in [0.717, 1.165) is 37.6 Å². The Kier molecular flexibility index (Phi) is 5.49. The Balaban J connectivity index is 1.93. The summed E-state index contributed by atoms with van der Waals surface area (Å²) in [6, 6.07) is 4.21. The number of pyridine rings is 1. The third-order valence-corrected chi connectivity index (χ3v) is 4.01. The maximum absolute atomic E-state index is 4.34. The monoisotopic (exact) mass is 290 g/mol. The van der Waals surface area contributed by atoms with Crippen LogP contribution in [0.1, 0.15) is 29.5 Å². The van der Waals surface area contributed by atoms with Gasteiger partial charge in [-0.3, -0.25) is 4.90 Å². The number of aryl methyl sites for hydroxylation is 1. The van der Waals surface area contributed by atoms with Crippen LogP contribution in [0.5, 0.6) is 0 Å². The lowest BCUT2D eigenvalue weighted by Gasteiger charge is -2.16. The van der Waals surface area contributed by atoms with E-state index in [4.69, 9.17) is 0 Å². The molecule has 20 heavy (non-hydrogen) atoms. The third-order valence-electron chi connectivity index (χ3n) is 3.09. The summed E-state index contributed by atoms with van der Waals surface area (Å²) < 4.78 is 0. The molecule has 2 heterocycles. The van der Waals surface area contributed by atoms with Crippen molar-refractivity contribution in [3.8, 4) is 0 Å². The van der Waals surface area contributed by atoms with Crippen molar-refractivity contribution >= 4 is 17.2 Å². The SMILES string of the molecule is CCCNc1cc(CN(C)Cc2scnc2C)ccn1. The van der Waals surface area contributed by atoms with Crippen LogP contribution < -0.4 is 5.32 Å². The fraction of sp³-hybridized carbons (Fsp3) is 0.467. The summed E-state index contributed by atoms with van der Waals surface area (Å²) in [6.07, 6.45) is 2.98. The Morgan fingerprint density at radius 2 is 2.15 bits per heavy atom. The smallest absolute Gasteiger partial charge is 0.126 e. The van der Waals surface area contributed by atoms with E-state index >= 15 is 0 Å². The molecule has 108 valence electrons. The molecule has 0 fully saturated rings. The molecular formula is C15H22N4S. The second-order valence-corrected chi connectivity index (χ2v) is 5.95. The Morgan fingerprint density at radius 3 is 2.85 bits per heavy atom. The summed E-state index contributed by atoms with van der Waals surface area (Å²) in [7, 11) is 2.14. The first-order chi connectivity index (χ1) is 9.69. The Bertz CT molecular complexity index is 538. The van der Waals surface area contributed by atoms with Crippen molar-refractivity contribution in [1.29, 1.82) is 0 Å². The first-order valence-electron chi connectivity index (χ1n) is 6.95. The van der Waals surface area contributed by atoms with E-state index in [9.17, 15) is 0 Å². The van der Waals surface area contributed by atoms with Gasteiger partial charge in [-0.05, 0) is 38.1 Å². The van der Waals surface area contributed by atoms with Crippen LogP contribution in [-0.4, -0.2) is 28.5 Å². The molecule has 0 unspecified atom stereocenters. The van der Waals surface area contributed by atoms with E-state index in [1.165, 1.54) is 10.4 Å². The second-order valence-electron chi connectivity index (χ2n) is 5.01. The van der Waals surface area contributed by atoms with E-state index in [0.29, 0.717) is 0 Å². The lowest BCUT2D eigenvalue weighted by molar-refractivity contribution is 0.321. The molecule has 1 N–H and O–H groups in total. The minimum Gasteiger partial charge on any atom is -0.370 e. The molecule has 0 saturated heterocycles. The maximum atomic E-state index is 4.34. The Labute approximate surface area is 124 Å². The minimum atomic E-state index is 0.917. The molecule has 0 aromatic carbocycles. The summed E-state index contributed by atoms with van der Waals surface area (Å²) in [5, 5.41) is 3.33. The van der Waals surface area contributed by atoms with Gasteiger partial charge >= 0.3 is 0 Å². The highest BCUT2D eigenvalue weighted by Crippen LogP contribution is 2.16. The van der Waals surface area contributed by atoms with Crippen LogP contribution in [0.2, 0.25) is 0 Å². The lowest BCUT2D eigenvalue weighted by Crippen LogP contribution is -2.17. The molecule has 0 radical (unpaired) electrons. The van der Waals surface area contributed by atoms with E-state index in [1.54, 1.807) is 11.3 Å². The van der Waals surface area contributed by atoms with Crippen LogP contribution in [0.25, 0.3) is 0 Å². The maximum Gasteiger partial charge on any atom is 0.126 e. The molecule has 0 aliphatic carbocycles. The number of nitrogens with one attached hydrogen (secondary N) is 1. The number of hydrogen-bond acceptors (Lipinski definition) is 5. The Morgan fingerprint density at radius 1 is 1.30 bits per heavy atom. The summed E-state index contributed by atoms with van der Waals surface area (Å²) in [5.74, 6) is 0.965. The van der Waals surface area contributed by atoms with Crippen LogP contribution in [0.4, 0.5) is 5.82 Å². The lowest BCUT2D eigenvalue weighted by atomic mass is 10.2. The molecule has 0 atom stereocenters. The fourth-order valence-corrected chi connectivity index (χ4v) is 2.87. The van der Waals surface area contributed by atoms with Crippen LogP contribution in [-0.2, 0) is 13.1 Å². The number of aromatic nitrogens is 2. The molecule has 5 heteroatoms. The molecular weight excluding hydrogens is 268 g/mol. The highest BCUT2D eigenvalue weighted by atomic mass is 32.1. The van der Waals surface area contributed by atoms with Gasteiger partial charge in [0.25, 0.3) is 0 Å². The Hall–Kier alpha value is -1.46. The van der Waals surface area contributed by atoms with Crippen molar-refractivity contribution in [2.45, 2.75) is 33.4 Å². The van der Waals surface area contributed by atoms with Gasteiger partial charge < -0.3 is 5.32 Å². The predicted molar refractivity (Wildman–Crippen MR) is 85.0 cm³/mol. The van der Waals surface area contributed by atoms with Gasteiger partial charge in [0.05, 0.1) is 11.2 Å². The van der Waals surface area contributed by atoms with Gasteiger partial charge in [-0.25, -0.2) is 9.97 Å². The van der Waals surface area contributed by atoms with Gasteiger partial charge in [-0.1, -0.05) is 6.92 Å². The average Bonchev–Trinajstić information content (AvgIpc) is 2.82. The molecule has 0 spiro atoms. The number of nitrogens with zero attached hydrogens (tertiary/aromatic N) is 3. The third kappa shape index (κ3) is 4.28. The molecule has 4 nitrogen and oxygen atoms in total. The minimum absolute atomic E-state index is 0.917. The molecule has 0 saturated carbocycles. The van der Waals surface area contributed by atoms with Gasteiger partial charge in [0.2, 0.25) is 0 Å². The highest BCUT2D eigenvalue weighted by Gasteiger charge is 2.07. The number of hydrogen-bond donors (Lipinski definition) is 1.